The van der Waals surface area contributed by atoms with Crippen LogP contribution in [0.15, 0.2) is 42.5 Å². The van der Waals surface area contributed by atoms with Crippen LogP contribution >= 0.6 is 34.8 Å². The van der Waals surface area contributed by atoms with Gasteiger partial charge in [0.05, 0.1) is 22.2 Å². The van der Waals surface area contributed by atoms with Gasteiger partial charge in [-0.25, -0.2) is 0 Å². The highest BCUT2D eigenvalue weighted by Crippen LogP contribution is 2.35. The fourth-order valence-corrected chi connectivity index (χ4v) is 5.18. The molecule has 0 bridgehead atoms. The first-order valence-corrected chi connectivity index (χ1v) is 12.1. The van der Waals surface area contributed by atoms with Gasteiger partial charge in [0.25, 0.3) is 5.91 Å². The Hall–Kier alpha value is -1.83. The molecule has 4 atom stereocenters. The molecule has 2 saturated heterocycles. The monoisotopic (exact) mass is 509 g/mol. The number of nitrogens with one attached hydrogen (secondary N) is 1. The van der Waals surface area contributed by atoms with E-state index in [9.17, 15) is 14.7 Å². The summed E-state index contributed by atoms with van der Waals surface area (Å²) in [6.07, 6.45) is 0.512. The van der Waals surface area contributed by atoms with Crippen molar-refractivity contribution in [2.24, 2.45) is 0 Å². The standard InChI is InChI=1S/C24H26Cl3N3O3/c1-29(23(32)14-2-5-16(25)6-3-14)22-8-9-30(24(33)21-11-17(31)12-28-21)13-18(22)15-4-7-19(26)20(27)10-15/h2-7,10,17-18,21-22,28,31H,8-9,11-13H2,1H3/t17-,18+,21-,22-/m1/s1. The molecule has 4 rings (SSSR count). The van der Waals surface area contributed by atoms with Gasteiger partial charge in [0.2, 0.25) is 5.91 Å². The summed E-state index contributed by atoms with van der Waals surface area (Å²) in [5.74, 6) is -0.283. The number of β-amino-alcohol motifs (C(OH)–C–C–N with tert-alkyl or cyclic N) is 1. The molecular weight excluding hydrogens is 485 g/mol. The van der Waals surface area contributed by atoms with Crippen LogP contribution in [0.2, 0.25) is 15.1 Å². The molecule has 2 aliphatic rings. The van der Waals surface area contributed by atoms with E-state index in [-0.39, 0.29) is 29.8 Å². The number of aliphatic hydroxyl groups is 1. The summed E-state index contributed by atoms with van der Waals surface area (Å²) in [7, 11) is 1.79. The third kappa shape index (κ3) is 5.31. The number of likely N-dealkylation sites (tertiary alicyclic amines) is 1. The number of likely N-dealkylation sites (N-methyl/N-ethyl adjacent to an activating group) is 1. The molecule has 0 saturated carbocycles. The second-order valence-corrected chi connectivity index (χ2v) is 9.94. The molecule has 2 aromatic carbocycles. The van der Waals surface area contributed by atoms with Gasteiger partial charge in [-0.2, -0.15) is 0 Å². The minimum atomic E-state index is -0.509. The lowest BCUT2D eigenvalue weighted by Crippen LogP contribution is -2.54. The van der Waals surface area contributed by atoms with Crippen molar-refractivity contribution < 1.29 is 14.7 Å². The van der Waals surface area contributed by atoms with E-state index in [1.807, 2.05) is 17.0 Å². The highest BCUT2D eigenvalue weighted by molar-refractivity contribution is 6.42. The minimum Gasteiger partial charge on any atom is -0.392 e. The van der Waals surface area contributed by atoms with E-state index in [0.29, 0.717) is 53.1 Å². The van der Waals surface area contributed by atoms with Crippen molar-refractivity contribution in [2.45, 2.75) is 36.9 Å². The molecule has 0 spiro atoms. The molecule has 2 fully saturated rings. The number of hydrogen-bond acceptors (Lipinski definition) is 4. The van der Waals surface area contributed by atoms with Crippen LogP contribution in [0, 0.1) is 0 Å². The van der Waals surface area contributed by atoms with Crippen LogP contribution in [-0.2, 0) is 4.79 Å². The Morgan fingerprint density at radius 2 is 1.82 bits per heavy atom. The summed E-state index contributed by atoms with van der Waals surface area (Å²) < 4.78 is 0. The van der Waals surface area contributed by atoms with Crippen molar-refractivity contribution in [1.82, 2.24) is 15.1 Å². The van der Waals surface area contributed by atoms with Gasteiger partial charge in [-0.1, -0.05) is 40.9 Å². The summed E-state index contributed by atoms with van der Waals surface area (Å²) in [4.78, 5) is 29.9. The van der Waals surface area contributed by atoms with E-state index < -0.39 is 6.10 Å². The van der Waals surface area contributed by atoms with Crippen molar-refractivity contribution in [1.29, 1.82) is 0 Å². The Morgan fingerprint density at radius 3 is 2.45 bits per heavy atom. The molecule has 6 nitrogen and oxygen atoms in total. The van der Waals surface area contributed by atoms with E-state index in [2.05, 4.69) is 5.32 Å². The average molecular weight is 511 g/mol. The molecular formula is C24H26Cl3N3O3. The molecule has 33 heavy (non-hydrogen) atoms. The van der Waals surface area contributed by atoms with Gasteiger partial charge < -0.3 is 20.2 Å². The Morgan fingerprint density at radius 1 is 1.09 bits per heavy atom. The van der Waals surface area contributed by atoms with Gasteiger partial charge in [-0.3, -0.25) is 9.59 Å². The first-order chi connectivity index (χ1) is 15.7. The molecule has 0 aliphatic carbocycles. The third-order valence-corrected chi connectivity index (χ3v) is 7.57. The van der Waals surface area contributed by atoms with E-state index in [0.717, 1.165) is 5.56 Å². The first kappa shape index (κ1) is 24.3. The molecule has 2 heterocycles. The van der Waals surface area contributed by atoms with Crippen LogP contribution in [0.25, 0.3) is 0 Å². The predicted octanol–water partition coefficient (Wildman–Crippen LogP) is 3.83. The molecule has 176 valence electrons. The van der Waals surface area contributed by atoms with Crippen molar-refractivity contribution in [3.05, 3.63) is 68.7 Å². The SMILES string of the molecule is CN(C(=O)c1ccc(Cl)cc1)[C@@H]1CCN(C(=O)[C@H]2C[C@@H](O)CN2)C[C@H]1c1ccc(Cl)c(Cl)c1. The number of benzene rings is 2. The molecule has 2 aliphatic heterocycles. The van der Waals surface area contributed by atoms with Crippen molar-refractivity contribution in [3.8, 4) is 0 Å². The number of piperidine rings is 1. The maximum absolute atomic E-state index is 13.2. The molecule has 2 aromatic rings. The van der Waals surface area contributed by atoms with Gasteiger partial charge >= 0.3 is 0 Å². The largest absolute Gasteiger partial charge is 0.392 e. The summed E-state index contributed by atoms with van der Waals surface area (Å²) in [5.41, 5.74) is 1.47. The Kier molecular flexibility index (Phi) is 7.51. The Bertz CT molecular complexity index is 1030. The van der Waals surface area contributed by atoms with Crippen LogP contribution in [0.5, 0.6) is 0 Å². The number of nitrogens with zero attached hydrogens (tertiary/aromatic N) is 2. The van der Waals surface area contributed by atoms with Crippen molar-refractivity contribution >= 4 is 46.6 Å². The first-order valence-electron chi connectivity index (χ1n) is 10.9. The maximum Gasteiger partial charge on any atom is 0.253 e. The van der Waals surface area contributed by atoms with E-state index >= 15 is 0 Å². The van der Waals surface area contributed by atoms with E-state index in [4.69, 9.17) is 34.8 Å². The van der Waals surface area contributed by atoms with Gasteiger partial charge in [0.1, 0.15) is 0 Å². The topological polar surface area (TPSA) is 72.9 Å². The maximum atomic E-state index is 13.2. The zero-order valence-corrected chi connectivity index (χ0v) is 20.4. The third-order valence-electron chi connectivity index (χ3n) is 6.57. The number of carbonyl (C=O) groups is 2. The summed E-state index contributed by atoms with van der Waals surface area (Å²) in [6, 6.07) is 11.7. The predicted molar refractivity (Wildman–Crippen MR) is 130 cm³/mol. The number of aliphatic hydroxyl groups excluding tert-OH is 1. The second-order valence-electron chi connectivity index (χ2n) is 8.69. The van der Waals surface area contributed by atoms with Gasteiger partial charge in [0, 0.05) is 49.2 Å². The normalized spacial score (nSPS) is 25.2. The molecule has 2 N–H and O–H groups in total. The minimum absolute atomic E-state index is 0.0262. The van der Waals surface area contributed by atoms with E-state index in [1.165, 1.54) is 0 Å². The van der Waals surface area contributed by atoms with Gasteiger partial charge in [-0.15, -0.1) is 0 Å². The number of halogens is 3. The van der Waals surface area contributed by atoms with Crippen LogP contribution in [0.3, 0.4) is 0 Å². The van der Waals surface area contributed by atoms with E-state index in [1.54, 1.807) is 42.3 Å². The van der Waals surface area contributed by atoms with Gasteiger partial charge in [-0.05, 0) is 54.8 Å². The van der Waals surface area contributed by atoms with Crippen LogP contribution in [0.4, 0.5) is 0 Å². The van der Waals surface area contributed by atoms with Crippen LogP contribution in [-0.4, -0.2) is 71.6 Å². The number of carbonyl (C=O) groups excluding carboxylic acids is 2. The fourth-order valence-electron chi connectivity index (χ4n) is 4.75. The van der Waals surface area contributed by atoms with Crippen LogP contribution < -0.4 is 5.32 Å². The molecule has 9 heteroatoms. The average Bonchev–Trinajstić information content (AvgIpc) is 3.26. The summed E-state index contributed by atoms with van der Waals surface area (Å²) in [5, 5.41) is 14.4. The molecule has 2 amide bonds. The fraction of sp³-hybridized carbons (Fsp3) is 0.417. The summed E-state index contributed by atoms with van der Waals surface area (Å²) >= 11 is 18.4. The molecule has 0 aromatic heterocycles. The zero-order chi connectivity index (χ0) is 23.7. The zero-order valence-electron chi connectivity index (χ0n) is 18.2. The molecule has 0 unspecified atom stereocenters. The van der Waals surface area contributed by atoms with Crippen molar-refractivity contribution in [3.63, 3.8) is 0 Å². The van der Waals surface area contributed by atoms with Crippen molar-refractivity contribution in [2.75, 3.05) is 26.7 Å². The number of hydrogen-bond donors (Lipinski definition) is 2. The highest BCUT2D eigenvalue weighted by atomic mass is 35.5. The quantitative estimate of drug-likeness (QED) is 0.656. The Labute approximate surface area is 208 Å². The van der Waals surface area contributed by atoms with Crippen LogP contribution in [0.1, 0.15) is 34.7 Å². The number of amides is 2. The lowest BCUT2D eigenvalue weighted by atomic mass is 9.84. The smallest absolute Gasteiger partial charge is 0.253 e. The highest BCUT2D eigenvalue weighted by Gasteiger charge is 2.39. The second kappa shape index (κ2) is 10.2. The number of rotatable bonds is 4. The Balaban J connectivity index is 1.60. The van der Waals surface area contributed by atoms with Gasteiger partial charge in [0.15, 0.2) is 0 Å². The summed E-state index contributed by atoms with van der Waals surface area (Å²) in [6.45, 7) is 1.38. The lowest BCUT2D eigenvalue weighted by molar-refractivity contribution is -0.135. The lowest BCUT2D eigenvalue weighted by Gasteiger charge is -2.43. The molecule has 0 radical (unpaired) electrons.